The van der Waals surface area contributed by atoms with Crippen LogP contribution < -0.4 is 21.1 Å². The standard InChI is InChI=1S/C17H18N2O/c1-2-7-14-12(5-1)13-6-3-4-8-16(13)20-17(14)15-11-18-9-10-19-15/h1-8,15-16,18-19H,9-11H2. The van der Waals surface area contributed by atoms with Crippen LogP contribution in [-0.2, 0) is 4.74 Å². The number of hydrogen-bond donors (Lipinski definition) is 2. The Bertz CT molecular complexity index is 696. The molecule has 0 bridgehead atoms. The first-order chi connectivity index (χ1) is 9.93. The molecule has 1 aromatic rings. The summed E-state index contributed by atoms with van der Waals surface area (Å²) in [5.41, 5.74) is 1.26. The van der Waals surface area contributed by atoms with Gasteiger partial charge < -0.3 is 15.4 Å². The molecule has 3 nitrogen and oxygen atoms in total. The lowest BCUT2D eigenvalue weighted by Gasteiger charge is -2.32. The fraction of sp³-hybridized carbons (Fsp3) is 0.294. The van der Waals surface area contributed by atoms with Gasteiger partial charge in [-0.25, -0.2) is 0 Å². The fourth-order valence-electron chi connectivity index (χ4n) is 3.13. The molecule has 1 aliphatic carbocycles. The molecule has 0 spiro atoms. The second-order valence-corrected chi connectivity index (χ2v) is 5.36. The van der Waals surface area contributed by atoms with Crippen LogP contribution in [0.5, 0.6) is 0 Å². The van der Waals surface area contributed by atoms with Crippen LogP contribution >= 0.6 is 0 Å². The number of ether oxygens (including phenoxy) is 1. The van der Waals surface area contributed by atoms with Crippen molar-refractivity contribution in [3.8, 4) is 0 Å². The van der Waals surface area contributed by atoms with Gasteiger partial charge in [0.15, 0.2) is 0 Å². The van der Waals surface area contributed by atoms with Crippen molar-refractivity contribution in [1.82, 2.24) is 10.6 Å². The quantitative estimate of drug-likeness (QED) is 0.752. The summed E-state index contributed by atoms with van der Waals surface area (Å²) in [6, 6.07) is 8.80. The van der Waals surface area contributed by atoms with E-state index in [2.05, 4.69) is 59.2 Å². The summed E-state index contributed by atoms with van der Waals surface area (Å²) in [5, 5.41) is 9.50. The highest BCUT2D eigenvalue weighted by Gasteiger charge is 2.26. The van der Waals surface area contributed by atoms with Crippen molar-refractivity contribution in [2.24, 2.45) is 0 Å². The van der Waals surface area contributed by atoms with Gasteiger partial charge in [-0.3, -0.25) is 0 Å². The minimum atomic E-state index is 0.0497. The highest BCUT2D eigenvalue weighted by atomic mass is 16.5. The molecule has 2 unspecified atom stereocenters. The maximum absolute atomic E-state index is 6.30. The second kappa shape index (κ2) is 4.93. The van der Waals surface area contributed by atoms with Crippen molar-refractivity contribution >= 4 is 11.3 Å². The number of rotatable bonds is 1. The SMILES string of the molecule is C1=CC2=c3ccccc3=C(C3CNCCN3)OC2C=C1. The minimum Gasteiger partial charge on any atom is -0.484 e. The summed E-state index contributed by atoms with van der Waals surface area (Å²) in [6.45, 7) is 2.93. The Hall–Kier alpha value is -1.84. The summed E-state index contributed by atoms with van der Waals surface area (Å²) >= 11 is 0. The van der Waals surface area contributed by atoms with Crippen molar-refractivity contribution in [2.45, 2.75) is 12.1 Å². The summed E-state index contributed by atoms with van der Waals surface area (Å²) in [5.74, 6) is 1.07. The van der Waals surface area contributed by atoms with Crippen LogP contribution in [-0.4, -0.2) is 31.8 Å². The van der Waals surface area contributed by atoms with Crippen molar-refractivity contribution < 1.29 is 4.74 Å². The van der Waals surface area contributed by atoms with E-state index >= 15 is 0 Å². The van der Waals surface area contributed by atoms with E-state index in [-0.39, 0.29) is 12.1 Å². The zero-order valence-corrected chi connectivity index (χ0v) is 11.3. The first kappa shape index (κ1) is 11.9. The molecule has 0 amide bonds. The van der Waals surface area contributed by atoms with Gasteiger partial charge in [0.05, 0.1) is 6.04 Å². The first-order valence-electron chi connectivity index (χ1n) is 7.22. The predicted molar refractivity (Wildman–Crippen MR) is 80.3 cm³/mol. The van der Waals surface area contributed by atoms with Crippen LogP contribution in [0.2, 0.25) is 0 Å². The molecule has 2 aliphatic heterocycles. The zero-order chi connectivity index (χ0) is 13.4. The molecule has 1 fully saturated rings. The van der Waals surface area contributed by atoms with Crippen LogP contribution in [0.1, 0.15) is 0 Å². The van der Waals surface area contributed by atoms with Gasteiger partial charge in [-0.05, 0) is 11.3 Å². The molecule has 3 aliphatic rings. The van der Waals surface area contributed by atoms with Gasteiger partial charge in [0, 0.05) is 30.4 Å². The third-order valence-electron chi connectivity index (χ3n) is 4.09. The van der Waals surface area contributed by atoms with Crippen molar-refractivity contribution in [1.29, 1.82) is 0 Å². The van der Waals surface area contributed by atoms with E-state index < -0.39 is 0 Å². The largest absolute Gasteiger partial charge is 0.484 e. The van der Waals surface area contributed by atoms with Crippen molar-refractivity contribution in [3.63, 3.8) is 0 Å². The Balaban J connectivity index is 1.94. The van der Waals surface area contributed by atoms with Gasteiger partial charge in [-0.2, -0.15) is 0 Å². The molecule has 102 valence electrons. The number of benzene rings is 1. The highest BCUT2D eigenvalue weighted by molar-refractivity contribution is 5.69. The number of hydrogen-bond acceptors (Lipinski definition) is 3. The fourth-order valence-corrected chi connectivity index (χ4v) is 3.13. The van der Waals surface area contributed by atoms with Gasteiger partial charge in [-0.1, -0.05) is 42.5 Å². The number of allylic oxidation sites excluding steroid dienone is 2. The molecule has 0 radical (unpaired) electrons. The average molecular weight is 266 g/mol. The van der Waals surface area contributed by atoms with Gasteiger partial charge in [0.1, 0.15) is 11.9 Å². The van der Waals surface area contributed by atoms with Gasteiger partial charge in [-0.15, -0.1) is 0 Å². The molecule has 0 aromatic heterocycles. The maximum atomic E-state index is 6.30. The molecule has 2 heterocycles. The molecule has 0 saturated carbocycles. The van der Waals surface area contributed by atoms with Crippen LogP contribution in [0, 0.1) is 0 Å². The van der Waals surface area contributed by atoms with Gasteiger partial charge >= 0.3 is 0 Å². The highest BCUT2D eigenvalue weighted by Crippen LogP contribution is 2.22. The average Bonchev–Trinajstić information content (AvgIpc) is 2.55. The topological polar surface area (TPSA) is 33.3 Å². The Labute approximate surface area is 118 Å². The summed E-state index contributed by atoms with van der Waals surface area (Å²) in [4.78, 5) is 0. The molecule has 4 rings (SSSR count). The van der Waals surface area contributed by atoms with E-state index in [4.69, 9.17) is 4.74 Å². The van der Waals surface area contributed by atoms with Crippen LogP contribution in [0.15, 0.2) is 48.6 Å². The lowest BCUT2D eigenvalue weighted by Crippen LogP contribution is -2.53. The van der Waals surface area contributed by atoms with Gasteiger partial charge in [0.2, 0.25) is 0 Å². The lowest BCUT2D eigenvalue weighted by molar-refractivity contribution is 0.224. The summed E-state index contributed by atoms with van der Waals surface area (Å²) in [7, 11) is 0. The molecule has 1 saturated heterocycles. The Morgan fingerprint density at radius 2 is 1.95 bits per heavy atom. The third kappa shape index (κ3) is 1.90. The van der Waals surface area contributed by atoms with E-state index in [1.165, 1.54) is 16.0 Å². The van der Waals surface area contributed by atoms with Crippen LogP contribution in [0.25, 0.3) is 11.3 Å². The summed E-state index contributed by atoms with van der Waals surface area (Å²) < 4.78 is 6.30. The molecule has 2 N–H and O–H groups in total. The summed E-state index contributed by atoms with van der Waals surface area (Å²) in [6.07, 6.45) is 8.48. The number of nitrogens with one attached hydrogen (secondary N) is 2. The minimum absolute atomic E-state index is 0.0497. The smallest absolute Gasteiger partial charge is 0.142 e. The molecule has 20 heavy (non-hydrogen) atoms. The van der Waals surface area contributed by atoms with Crippen molar-refractivity contribution in [2.75, 3.05) is 19.6 Å². The Kier molecular flexibility index (Phi) is 2.94. The van der Waals surface area contributed by atoms with E-state index in [1.54, 1.807) is 0 Å². The molecule has 2 atom stereocenters. The van der Waals surface area contributed by atoms with E-state index in [1.807, 2.05) is 0 Å². The Morgan fingerprint density at radius 3 is 2.80 bits per heavy atom. The first-order valence-corrected chi connectivity index (χ1v) is 7.22. The van der Waals surface area contributed by atoms with Crippen molar-refractivity contribution in [3.05, 3.63) is 59.0 Å². The third-order valence-corrected chi connectivity index (χ3v) is 4.09. The van der Waals surface area contributed by atoms with Crippen LogP contribution in [0.4, 0.5) is 0 Å². The molecule has 1 aromatic carbocycles. The number of piperazine rings is 1. The van der Waals surface area contributed by atoms with E-state index in [9.17, 15) is 0 Å². The maximum Gasteiger partial charge on any atom is 0.142 e. The van der Waals surface area contributed by atoms with E-state index in [0.717, 1.165) is 25.4 Å². The van der Waals surface area contributed by atoms with E-state index in [0.29, 0.717) is 0 Å². The number of fused-ring (bicyclic) bond motifs is 2. The van der Waals surface area contributed by atoms with Crippen LogP contribution in [0.3, 0.4) is 0 Å². The molecule has 3 heteroatoms. The monoisotopic (exact) mass is 266 g/mol. The second-order valence-electron chi connectivity index (χ2n) is 5.36. The lowest BCUT2D eigenvalue weighted by atomic mass is 9.96. The van der Waals surface area contributed by atoms with Gasteiger partial charge in [0.25, 0.3) is 0 Å². The Morgan fingerprint density at radius 1 is 1.05 bits per heavy atom. The molecular weight excluding hydrogens is 248 g/mol. The predicted octanol–water partition coefficient (Wildman–Crippen LogP) is 0.0317. The normalized spacial score (nSPS) is 27.8. The molecular formula is C17H18N2O. The zero-order valence-electron chi connectivity index (χ0n) is 11.3.